The van der Waals surface area contributed by atoms with E-state index in [1.807, 2.05) is 0 Å². The van der Waals surface area contributed by atoms with Crippen LogP contribution in [0.3, 0.4) is 0 Å². The molecule has 1 rings (SSSR count). The van der Waals surface area contributed by atoms with Crippen molar-refractivity contribution in [2.24, 2.45) is 0 Å². The van der Waals surface area contributed by atoms with E-state index < -0.39 is 22.2 Å². The van der Waals surface area contributed by atoms with Crippen molar-refractivity contribution in [3.8, 4) is 0 Å². The van der Waals surface area contributed by atoms with Crippen LogP contribution < -0.4 is 0 Å². The van der Waals surface area contributed by atoms with Crippen LogP contribution in [-0.4, -0.2) is 4.92 Å². The molecular formula is C7H4BrF2NO2. The highest BCUT2D eigenvalue weighted by atomic mass is 79.9. The molecule has 1 aromatic rings. The zero-order valence-corrected chi connectivity index (χ0v) is 7.85. The molecule has 0 aliphatic rings. The lowest BCUT2D eigenvalue weighted by Gasteiger charge is -1.99. The Hall–Kier alpha value is -1.04. The van der Waals surface area contributed by atoms with E-state index in [-0.39, 0.29) is 10.9 Å². The zero-order chi connectivity index (χ0) is 10.0. The fraction of sp³-hybridized carbons (Fsp3) is 0.143. The van der Waals surface area contributed by atoms with Gasteiger partial charge in [-0.3, -0.25) is 10.1 Å². The van der Waals surface area contributed by atoms with Gasteiger partial charge in [0.2, 0.25) is 0 Å². The summed E-state index contributed by atoms with van der Waals surface area (Å²) >= 11 is 2.87. The fourth-order valence-corrected chi connectivity index (χ4v) is 1.36. The van der Waals surface area contributed by atoms with Gasteiger partial charge in [0.05, 0.1) is 17.1 Å². The third-order valence-electron chi connectivity index (χ3n) is 1.47. The molecule has 6 heteroatoms. The molecule has 0 aliphatic heterocycles. The molecule has 0 radical (unpaired) electrons. The van der Waals surface area contributed by atoms with Gasteiger partial charge in [-0.1, -0.05) is 15.9 Å². The van der Waals surface area contributed by atoms with E-state index in [1.54, 1.807) is 0 Å². The summed E-state index contributed by atoms with van der Waals surface area (Å²) in [7, 11) is 0. The smallest absolute Gasteiger partial charge is 0.258 e. The Labute approximate surface area is 80.6 Å². The second-order valence-corrected chi connectivity index (χ2v) is 2.84. The number of nitro groups is 1. The van der Waals surface area contributed by atoms with Gasteiger partial charge in [-0.15, -0.1) is 0 Å². The van der Waals surface area contributed by atoms with E-state index >= 15 is 0 Å². The first-order valence-electron chi connectivity index (χ1n) is 3.24. The molecule has 0 N–H and O–H groups in total. The van der Waals surface area contributed by atoms with Crippen molar-refractivity contribution in [1.29, 1.82) is 0 Å². The molecule has 0 saturated heterocycles. The summed E-state index contributed by atoms with van der Waals surface area (Å²) in [5, 5.41) is 10.2. The predicted molar refractivity (Wildman–Crippen MR) is 45.6 cm³/mol. The minimum absolute atomic E-state index is 0.0112. The minimum Gasteiger partial charge on any atom is -0.258 e. The van der Waals surface area contributed by atoms with Crippen molar-refractivity contribution in [3.63, 3.8) is 0 Å². The van der Waals surface area contributed by atoms with Gasteiger partial charge < -0.3 is 0 Å². The lowest BCUT2D eigenvalue weighted by atomic mass is 10.2. The number of nitro benzene ring substituents is 1. The van der Waals surface area contributed by atoms with Crippen LogP contribution in [0.5, 0.6) is 0 Å². The van der Waals surface area contributed by atoms with E-state index in [4.69, 9.17) is 0 Å². The normalized spacial score (nSPS) is 10.1. The number of rotatable bonds is 2. The predicted octanol–water partition coefficient (Wildman–Crippen LogP) is 2.77. The Morgan fingerprint density at radius 3 is 2.15 bits per heavy atom. The van der Waals surface area contributed by atoms with Crippen LogP contribution in [0.4, 0.5) is 14.5 Å². The van der Waals surface area contributed by atoms with E-state index in [1.165, 1.54) is 0 Å². The highest BCUT2D eigenvalue weighted by Crippen LogP contribution is 2.22. The number of hydrogen-bond donors (Lipinski definition) is 0. The number of benzene rings is 1. The molecule has 0 amide bonds. The fourth-order valence-electron chi connectivity index (χ4n) is 0.823. The third kappa shape index (κ3) is 2.00. The average Bonchev–Trinajstić information content (AvgIpc) is 2.03. The Kier molecular flexibility index (Phi) is 2.92. The molecule has 13 heavy (non-hydrogen) atoms. The van der Waals surface area contributed by atoms with E-state index in [2.05, 4.69) is 15.9 Å². The quantitative estimate of drug-likeness (QED) is 0.461. The Morgan fingerprint density at radius 2 is 1.85 bits per heavy atom. The molecular weight excluding hydrogens is 248 g/mol. The maximum absolute atomic E-state index is 12.9. The number of hydrogen-bond acceptors (Lipinski definition) is 2. The highest BCUT2D eigenvalue weighted by molar-refractivity contribution is 9.08. The van der Waals surface area contributed by atoms with Crippen molar-refractivity contribution in [2.75, 3.05) is 0 Å². The maximum Gasteiger partial charge on any atom is 0.275 e. The minimum atomic E-state index is -0.913. The Balaban J connectivity index is 3.28. The summed E-state index contributed by atoms with van der Waals surface area (Å²) in [5.41, 5.74) is -0.787. The summed E-state index contributed by atoms with van der Waals surface area (Å²) in [6, 6.07) is 1.39. The van der Waals surface area contributed by atoms with Crippen molar-refractivity contribution in [1.82, 2.24) is 0 Å². The molecule has 0 aromatic heterocycles. The molecule has 1 aromatic carbocycles. The number of halogens is 3. The van der Waals surface area contributed by atoms with Crippen molar-refractivity contribution in [2.45, 2.75) is 5.33 Å². The average molecular weight is 252 g/mol. The second-order valence-electron chi connectivity index (χ2n) is 2.28. The molecule has 0 saturated carbocycles. The van der Waals surface area contributed by atoms with Gasteiger partial charge in [0.25, 0.3) is 5.69 Å². The first-order valence-corrected chi connectivity index (χ1v) is 4.36. The van der Waals surface area contributed by atoms with Crippen molar-refractivity contribution >= 4 is 21.6 Å². The molecule has 3 nitrogen and oxygen atoms in total. The third-order valence-corrected chi connectivity index (χ3v) is 2.03. The first kappa shape index (κ1) is 10.0. The Bertz CT molecular complexity index is 333. The number of nitrogens with zero attached hydrogens (tertiary/aromatic N) is 1. The summed E-state index contributed by atoms with van der Waals surface area (Å²) in [4.78, 5) is 9.32. The lowest BCUT2D eigenvalue weighted by Crippen LogP contribution is -1.96. The van der Waals surface area contributed by atoms with Crippen molar-refractivity contribution < 1.29 is 13.7 Å². The summed E-state index contributed by atoms with van der Waals surface area (Å²) < 4.78 is 25.8. The van der Waals surface area contributed by atoms with Gasteiger partial charge in [-0.25, -0.2) is 8.78 Å². The molecule has 0 atom stereocenters. The van der Waals surface area contributed by atoms with Gasteiger partial charge in [0.1, 0.15) is 11.6 Å². The van der Waals surface area contributed by atoms with Crippen LogP contribution in [-0.2, 0) is 5.33 Å². The number of non-ortho nitro benzene ring substituents is 1. The largest absolute Gasteiger partial charge is 0.275 e. The molecule has 0 heterocycles. The van der Waals surface area contributed by atoms with Crippen LogP contribution >= 0.6 is 15.9 Å². The van der Waals surface area contributed by atoms with Crippen LogP contribution in [0.1, 0.15) is 5.56 Å². The van der Waals surface area contributed by atoms with Gasteiger partial charge in [-0.05, 0) is 0 Å². The monoisotopic (exact) mass is 251 g/mol. The summed E-state index contributed by atoms with van der Waals surface area (Å²) in [6.07, 6.45) is 0. The van der Waals surface area contributed by atoms with Crippen LogP contribution in [0, 0.1) is 21.7 Å². The molecule has 0 bridgehead atoms. The van der Waals surface area contributed by atoms with Gasteiger partial charge in [-0.2, -0.15) is 0 Å². The van der Waals surface area contributed by atoms with Gasteiger partial charge in [0.15, 0.2) is 0 Å². The lowest BCUT2D eigenvalue weighted by molar-refractivity contribution is -0.385. The van der Waals surface area contributed by atoms with E-state index in [0.29, 0.717) is 12.1 Å². The maximum atomic E-state index is 12.9. The first-order chi connectivity index (χ1) is 6.06. The summed E-state index contributed by atoms with van der Waals surface area (Å²) in [5.74, 6) is -1.83. The molecule has 0 fully saturated rings. The van der Waals surface area contributed by atoms with E-state index in [9.17, 15) is 18.9 Å². The molecule has 0 aliphatic carbocycles. The van der Waals surface area contributed by atoms with E-state index in [0.717, 1.165) is 0 Å². The second kappa shape index (κ2) is 3.78. The van der Waals surface area contributed by atoms with Gasteiger partial charge in [0, 0.05) is 10.9 Å². The summed E-state index contributed by atoms with van der Waals surface area (Å²) in [6.45, 7) is 0. The topological polar surface area (TPSA) is 43.1 Å². The number of alkyl halides is 1. The Morgan fingerprint density at radius 1 is 1.38 bits per heavy atom. The molecule has 0 unspecified atom stereocenters. The molecule has 70 valence electrons. The van der Waals surface area contributed by atoms with Crippen molar-refractivity contribution in [3.05, 3.63) is 39.4 Å². The highest BCUT2D eigenvalue weighted by Gasteiger charge is 2.15. The molecule has 0 spiro atoms. The van der Waals surface area contributed by atoms with Gasteiger partial charge >= 0.3 is 0 Å². The SMILES string of the molecule is O=[N+]([O-])c1cc(F)c(CBr)c(F)c1. The van der Waals surface area contributed by atoms with Crippen LogP contribution in [0.2, 0.25) is 0 Å². The van der Waals surface area contributed by atoms with Crippen LogP contribution in [0.15, 0.2) is 12.1 Å². The van der Waals surface area contributed by atoms with Crippen LogP contribution in [0.25, 0.3) is 0 Å². The standard InChI is InChI=1S/C7H4BrF2NO2/c8-3-5-6(9)1-4(11(12)13)2-7(5)10/h1-2H,3H2. The zero-order valence-electron chi connectivity index (χ0n) is 6.26.